The van der Waals surface area contributed by atoms with Crippen LogP contribution in [0, 0.1) is 6.92 Å². The highest BCUT2D eigenvalue weighted by Gasteiger charge is 2.46. The third-order valence-corrected chi connectivity index (χ3v) is 4.58. The van der Waals surface area contributed by atoms with Crippen molar-refractivity contribution >= 4 is 17.7 Å². The molecule has 1 fully saturated rings. The summed E-state index contributed by atoms with van der Waals surface area (Å²) in [6, 6.07) is 7.04. The van der Waals surface area contributed by atoms with Gasteiger partial charge in [0.05, 0.1) is 5.54 Å². The Hall–Kier alpha value is -2.29. The topological polar surface area (TPSA) is 74.8 Å². The van der Waals surface area contributed by atoms with Crippen LogP contribution in [-0.4, -0.2) is 21.4 Å². The summed E-state index contributed by atoms with van der Waals surface area (Å²) in [5, 5.41) is 2.84. The first-order valence-corrected chi connectivity index (χ1v) is 8.25. The first kappa shape index (κ1) is 17.5. The smallest absolute Gasteiger partial charge is 0.341 e. The molecule has 1 aromatic heterocycles. The summed E-state index contributed by atoms with van der Waals surface area (Å²) in [6.07, 6.45) is 1.35. The van der Waals surface area contributed by atoms with Gasteiger partial charge in [0.25, 0.3) is 11.5 Å². The van der Waals surface area contributed by atoms with Gasteiger partial charge in [-0.3, -0.25) is 9.59 Å². The number of nitrogens with one attached hydrogen (secondary N) is 2. The molecule has 1 aliphatic carbocycles. The third-order valence-electron chi connectivity index (χ3n) is 3.84. The maximum Gasteiger partial charge on any atom is 0.446 e. The number of aromatic nitrogens is 2. The van der Waals surface area contributed by atoms with Crippen molar-refractivity contribution in [1.82, 2.24) is 15.3 Å². The van der Waals surface area contributed by atoms with E-state index in [-0.39, 0.29) is 22.4 Å². The van der Waals surface area contributed by atoms with E-state index in [0.29, 0.717) is 18.7 Å². The molecule has 2 N–H and O–H groups in total. The first-order valence-electron chi connectivity index (χ1n) is 7.44. The number of halogens is 3. The van der Waals surface area contributed by atoms with Crippen LogP contribution in [0.1, 0.15) is 34.7 Å². The highest BCUT2D eigenvalue weighted by atomic mass is 32.2. The molecular formula is C16H14F3N3O2S. The van der Waals surface area contributed by atoms with E-state index in [1.807, 2.05) is 0 Å². The zero-order valence-electron chi connectivity index (χ0n) is 13.1. The van der Waals surface area contributed by atoms with E-state index in [1.54, 1.807) is 19.1 Å². The monoisotopic (exact) mass is 369 g/mol. The SMILES string of the molecule is Cc1nc(C(=O)NC2(c3ccc(SC(F)(F)F)cc3)CC2)cc(=O)[nH]1. The Balaban J connectivity index is 1.76. The maximum absolute atomic E-state index is 12.4. The second kappa shape index (κ2) is 6.21. The zero-order valence-corrected chi connectivity index (χ0v) is 13.9. The Kier molecular flexibility index (Phi) is 4.36. The minimum absolute atomic E-state index is 0.0109. The summed E-state index contributed by atoms with van der Waals surface area (Å²) < 4.78 is 37.2. The van der Waals surface area contributed by atoms with E-state index >= 15 is 0 Å². The largest absolute Gasteiger partial charge is 0.446 e. The second-order valence-corrected chi connectivity index (χ2v) is 6.96. The fraction of sp³-hybridized carbons (Fsp3) is 0.312. The molecule has 1 heterocycles. The molecule has 0 atom stereocenters. The molecule has 25 heavy (non-hydrogen) atoms. The predicted octanol–water partition coefficient (Wildman–Crippen LogP) is 3.11. The van der Waals surface area contributed by atoms with Crippen LogP contribution in [0.5, 0.6) is 0 Å². The van der Waals surface area contributed by atoms with Crippen molar-refractivity contribution in [3.8, 4) is 0 Å². The number of carbonyl (C=O) groups is 1. The fourth-order valence-corrected chi connectivity index (χ4v) is 3.10. The number of aryl methyl sites for hydroxylation is 1. The number of amides is 1. The summed E-state index contributed by atoms with van der Waals surface area (Å²) in [7, 11) is 0. The first-order chi connectivity index (χ1) is 11.7. The van der Waals surface area contributed by atoms with E-state index in [0.717, 1.165) is 11.6 Å². The van der Waals surface area contributed by atoms with Crippen molar-refractivity contribution in [3.63, 3.8) is 0 Å². The van der Waals surface area contributed by atoms with Crippen LogP contribution in [0.25, 0.3) is 0 Å². The van der Waals surface area contributed by atoms with Crippen molar-refractivity contribution in [2.24, 2.45) is 0 Å². The number of alkyl halides is 3. The molecule has 0 aliphatic heterocycles. The summed E-state index contributed by atoms with van der Waals surface area (Å²) in [4.78, 5) is 30.3. The number of hydrogen-bond donors (Lipinski definition) is 2. The number of benzene rings is 1. The molecule has 2 aromatic rings. The predicted molar refractivity (Wildman–Crippen MR) is 86.3 cm³/mol. The molecule has 132 valence electrons. The number of carbonyl (C=O) groups excluding carboxylic acids is 1. The minimum atomic E-state index is -4.34. The summed E-state index contributed by atoms with van der Waals surface area (Å²) in [5.74, 6) is -0.156. The minimum Gasteiger partial charge on any atom is -0.341 e. The number of rotatable bonds is 4. The average molecular weight is 369 g/mol. The number of nitrogens with zero attached hydrogens (tertiary/aromatic N) is 1. The van der Waals surface area contributed by atoms with Gasteiger partial charge in [0.15, 0.2) is 0 Å². The summed E-state index contributed by atoms with van der Waals surface area (Å²) in [6.45, 7) is 1.57. The van der Waals surface area contributed by atoms with Crippen LogP contribution in [0.15, 0.2) is 40.0 Å². The molecule has 0 saturated heterocycles. The molecule has 0 spiro atoms. The van der Waals surface area contributed by atoms with E-state index in [1.165, 1.54) is 12.1 Å². The van der Waals surface area contributed by atoms with Crippen LogP contribution < -0.4 is 10.9 Å². The molecule has 0 radical (unpaired) electrons. The average Bonchev–Trinajstić information content (AvgIpc) is 3.26. The third kappa shape index (κ3) is 4.22. The Labute approximate surface area is 145 Å². The number of H-pyrrole nitrogens is 1. The van der Waals surface area contributed by atoms with Crippen LogP contribution >= 0.6 is 11.8 Å². The lowest BCUT2D eigenvalue weighted by Gasteiger charge is -2.18. The molecule has 1 amide bonds. The Morgan fingerprint density at radius 1 is 1.28 bits per heavy atom. The number of thioether (sulfide) groups is 1. The van der Waals surface area contributed by atoms with Gasteiger partial charge in [-0.1, -0.05) is 12.1 Å². The van der Waals surface area contributed by atoms with Crippen molar-refractivity contribution in [2.75, 3.05) is 0 Å². The van der Waals surface area contributed by atoms with Gasteiger partial charge in [-0.2, -0.15) is 13.2 Å². The van der Waals surface area contributed by atoms with E-state index in [2.05, 4.69) is 15.3 Å². The molecule has 0 bridgehead atoms. The molecule has 1 aliphatic rings. The van der Waals surface area contributed by atoms with E-state index in [4.69, 9.17) is 0 Å². The Morgan fingerprint density at radius 2 is 1.92 bits per heavy atom. The molecule has 9 heteroatoms. The van der Waals surface area contributed by atoms with Gasteiger partial charge in [0.1, 0.15) is 11.5 Å². The van der Waals surface area contributed by atoms with Crippen molar-refractivity contribution in [1.29, 1.82) is 0 Å². The van der Waals surface area contributed by atoms with Gasteiger partial charge >= 0.3 is 5.51 Å². The van der Waals surface area contributed by atoms with Crippen LogP contribution in [0.2, 0.25) is 0 Å². The molecular weight excluding hydrogens is 355 g/mol. The highest BCUT2D eigenvalue weighted by molar-refractivity contribution is 8.00. The lowest BCUT2D eigenvalue weighted by molar-refractivity contribution is -0.0328. The van der Waals surface area contributed by atoms with Gasteiger partial charge in [-0.25, -0.2) is 4.98 Å². The second-order valence-electron chi connectivity index (χ2n) is 5.82. The molecule has 0 unspecified atom stereocenters. The highest BCUT2D eigenvalue weighted by Crippen LogP contribution is 2.46. The Morgan fingerprint density at radius 3 is 2.44 bits per heavy atom. The van der Waals surface area contributed by atoms with E-state index < -0.39 is 22.5 Å². The van der Waals surface area contributed by atoms with Crippen LogP contribution in [0.4, 0.5) is 13.2 Å². The van der Waals surface area contributed by atoms with Crippen molar-refractivity contribution in [3.05, 3.63) is 57.8 Å². The normalized spacial score (nSPS) is 15.7. The van der Waals surface area contributed by atoms with Crippen LogP contribution in [-0.2, 0) is 5.54 Å². The zero-order chi connectivity index (χ0) is 18.2. The fourth-order valence-electron chi connectivity index (χ4n) is 2.56. The quantitative estimate of drug-likeness (QED) is 0.812. The van der Waals surface area contributed by atoms with E-state index in [9.17, 15) is 22.8 Å². The standard InChI is InChI=1S/C16H14F3N3O2S/c1-9-20-12(8-13(23)21-9)14(24)22-15(6-7-15)10-2-4-11(5-3-10)25-16(17,18)19/h2-5,8H,6-7H2,1H3,(H,22,24)(H,20,21,23). The lowest BCUT2D eigenvalue weighted by Crippen LogP contribution is -2.36. The van der Waals surface area contributed by atoms with Gasteiger partial charge in [0.2, 0.25) is 0 Å². The van der Waals surface area contributed by atoms with Gasteiger partial charge < -0.3 is 10.3 Å². The number of hydrogen-bond acceptors (Lipinski definition) is 4. The summed E-state index contributed by atoms with van der Waals surface area (Å²) in [5.41, 5.74) is -4.63. The van der Waals surface area contributed by atoms with Crippen molar-refractivity contribution < 1.29 is 18.0 Å². The molecule has 1 aromatic carbocycles. The van der Waals surface area contributed by atoms with Gasteiger partial charge in [-0.05, 0) is 49.2 Å². The number of aromatic amines is 1. The van der Waals surface area contributed by atoms with Gasteiger partial charge in [-0.15, -0.1) is 0 Å². The maximum atomic E-state index is 12.4. The molecule has 5 nitrogen and oxygen atoms in total. The summed E-state index contributed by atoms with van der Waals surface area (Å²) >= 11 is -0.181. The van der Waals surface area contributed by atoms with Crippen molar-refractivity contribution in [2.45, 2.75) is 35.7 Å². The lowest BCUT2D eigenvalue weighted by atomic mass is 10.0. The molecule has 1 saturated carbocycles. The Bertz CT molecular complexity index is 858. The van der Waals surface area contributed by atoms with Gasteiger partial charge in [0, 0.05) is 11.0 Å². The van der Waals surface area contributed by atoms with Crippen LogP contribution in [0.3, 0.4) is 0 Å². The molecule has 3 rings (SSSR count).